The molecule has 0 aromatic heterocycles. The van der Waals surface area contributed by atoms with Gasteiger partial charge in [0, 0.05) is 10.6 Å². The van der Waals surface area contributed by atoms with Crippen molar-refractivity contribution in [3.63, 3.8) is 0 Å². The summed E-state index contributed by atoms with van der Waals surface area (Å²) in [6.45, 7) is 3.91. The van der Waals surface area contributed by atoms with Crippen molar-refractivity contribution in [1.29, 1.82) is 0 Å². The molecule has 0 heterocycles. The summed E-state index contributed by atoms with van der Waals surface area (Å²) in [7, 11) is 1.60. The van der Waals surface area contributed by atoms with Crippen molar-refractivity contribution in [2.24, 2.45) is 0 Å². The van der Waals surface area contributed by atoms with Gasteiger partial charge in [-0.1, -0.05) is 41.9 Å². The van der Waals surface area contributed by atoms with E-state index in [2.05, 4.69) is 5.32 Å². The summed E-state index contributed by atoms with van der Waals surface area (Å²) in [6.07, 6.45) is 0.272. The second-order valence-electron chi connectivity index (χ2n) is 5.67. The predicted octanol–water partition coefficient (Wildman–Crippen LogP) is 3.94. The summed E-state index contributed by atoms with van der Waals surface area (Å²) in [5, 5.41) is 3.70. The SMILES string of the molecule is COc1ccccc1CC(=O)NC(C)(C)c1cccc(Cl)c1. The second kappa shape index (κ2) is 6.84. The highest BCUT2D eigenvalue weighted by Gasteiger charge is 2.23. The highest BCUT2D eigenvalue weighted by atomic mass is 35.5. The number of nitrogens with one attached hydrogen (secondary N) is 1. The lowest BCUT2D eigenvalue weighted by atomic mass is 9.94. The quantitative estimate of drug-likeness (QED) is 0.907. The smallest absolute Gasteiger partial charge is 0.225 e. The molecule has 0 spiro atoms. The standard InChI is InChI=1S/C18H20ClNO2/c1-18(2,14-8-6-9-15(19)12-14)20-17(21)11-13-7-4-5-10-16(13)22-3/h4-10,12H,11H2,1-3H3,(H,20,21). The molecule has 116 valence electrons. The van der Waals surface area contributed by atoms with Gasteiger partial charge in [-0.25, -0.2) is 0 Å². The van der Waals surface area contributed by atoms with E-state index >= 15 is 0 Å². The van der Waals surface area contributed by atoms with Gasteiger partial charge in [-0.3, -0.25) is 4.79 Å². The maximum atomic E-state index is 12.4. The molecule has 0 bridgehead atoms. The van der Waals surface area contributed by atoms with Crippen LogP contribution in [0.25, 0.3) is 0 Å². The minimum Gasteiger partial charge on any atom is -0.496 e. The molecule has 3 nitrogen and oxygen atoms in total. The van der Waals surface area contributed by atoms with Crippen molar-refractivity contribution in [3.05, 3.63) is 64.7 Å². The van der Waals surface area contributed by atoms with Crippen LogP contribution in [0.1, 0.15) is 25.0 Å². The van der Waals surface area contributed by atoms with Gasteiger partial charge in [0.15, 0.2) is 0 Å². The third-order valence-corrected chi connectivity index (χ3v) is 3.78. The van der Waals surface area contributed by atoms with Crippen LogP contribution in [0.3, 0.4) is 0 Å². The van der Waals surface area contributed by atoms with Gasteiger partial charge in [0.1, 0.15) is 5.75 Å². The highest BCUT2D eigenvalue weighted by molar-refractivity contribution is 6.30. The van der Waals surface area contributed by atoms with E-state index < -0.39 is 5.54 Å². The van der Waals surface area contributed by atoms with Gasteiger partial charge in [0.25, 0.3) is 0 Å². The van der Waals surface area contributed by atoms with Gasteiger partial charge < -0.3 is 10.1 Å². The van der Waals surface area contributed by atoms with Crippen LogP contribution in [-0.4, -0.2) is 13.0 Å². The van der Waals surface area contributed by atoms with Crippen LogP contribution in [0.4, 0.5) is 0 Å². The summed E-state index contributed by atoms with van der Waals surface area (Å²) < 4.78 is 5.28. The number of amides is 1. The van der Waals surface area contributed by atoms with E-state index in [0.29, 0.717) is 5.02 Å². The first-order valence-electron chi connectivity index (χ1n) is 7.11. The number of benzene rings is 2. The molecule has 0 aliphatic rings. The number of hydrogen-bond donors (Lipinski definition) is 1. The highest BCUT2D eigenvalue weighted by Crippen LogP contribution is 2.24. The molecule has 0 fully saturated rings. The maximum Gasteiger partial charge on any atom is 0.225 e. The van der Waals surface area contributed by atoms with Gasteiger partial charge >= 0.3 is 0 Å². The zero-order valence-corrected chi connectivity index (χ0v) is 13.8. The number of carbonyl (C=O) groups is 1. The van der Waals surface area contributed by atoms with Crippen molar-refractivity contribution < 1.29 is 9.53 Å². The lowest BCUT2D eigenvalue weighted by molar-refractivity contribution is -0.122. The Labute approximate surface area is 136 Å². The average molecular weight is 318 g/mol. The van der Waals surface area contributed by atoms with Crippen LogP contribution >= 0.6 is 11.6 Å². The van der Waals surface area contributed by atoms with Crippen LogP contribution in [0.5, 0.6) is 5.75 Å². The molecule has 0 saturated carbocycles. The van der Waals surface area contributed by atoms with E-state index in [4.69, 9.17) is 16.3 Å². The van der Waals surface area contributed by atoms with Crippen LogP contribution in [0.2, 0.25) is 5.02 Å². The van der Waals surface area contributed by atoms with Crippen molar-refractivity contribution in [2.45, 2.75) is 25.8 Å². The first kappa shape index (κ1) is 16.4. The Kier molecular flexibility index (Phi) is 5.09. The number of halogens is 1. The number of hydrogen-bond acceptors (Lipinski definition) is 2. The molecule has 2 aromatic carbocycles. The van der Waals surface area contributed by atoms with Crippen molar-refractivity contribution in [3.8, 4) is 5.75 Å². The molecule has 0 atom stereocenters. The van der Waals surface area contributed by atoms with Gasteiger partial charge in [-0.2, -0.15) is 0 Å². The first-order valence-corrected chi connectivity index (χ1v) is 7.49. The molecule has 0 radical (unpaired) electrons. The molecule has 0 aliphatic heterocycles. The number of ether oxygens (including phenoxy) is 1. The third-order valence-electron chi connectivity index (χ3n) is 3.54. The lowest BCUT2D eigenvalue weighted by Crippen LogP contribution is -2.41. The van der Waals surface area contributed by atoms with Crippen LogP contribution in [0.15, 0.2) is 48.5 Å². The first-order chi connectivity index (χ1) is 10.4. The van der Waals surface area contributed by atoms with Gasteiger partial charge in [0.2, 0.25) is 5.91 Å². The molecule has 1 amide bonds. The Bertz CT molecular complexity index is 668. The topological polar surface area (TPSA) is 38.3 Å². The monoisotopic (exact) mass is 317 g/mol. The average Bonchev–Trinajstić information content (AvgIpc) is 2.47. The largest absolute Gasteiger partial charge is 0.496 e. The van der Waals surface area contributed by atoms with Crippen LogP contribution in [0, 0.1) is 0 Å². The van der Waals surface area contributed by atoms with Crippen molar-refractivity contribution in [1.82, 2.24) is 5.32 Å². The predicted molar refractivity (Wildman–Crippen MR) is 89.3 cm³/mol. The Morgan fingerprint density at radius 2 is 1.91 bits per heavy atom. The van der Waals surface area contributed by atoms with E-state index in [9.17, 15) is 4.79 Å². The fraction of sp³-hybridized carbons (Fsp3) is 0.278. The zero-order chi connectivity index (χ0) is 16.2. The van der Waals surface area contributed by atoms with E-state index in [1.165, 1.54) is 0 Å². The van der Waals surface area contributed by atoms with E-state index in [-0.39, 0.29) is 12.3 Å². The summed E-state index contributed by atoms with van der Waals surface area (Å²) >= 11 is 6.03. The van der Waals surface area contributed by atoms with Crippen molar-refractivity contribution in [2.75, 3.05) is 7.11 Å². The van der Waals surface area contributed by atoms with E-state index in [1.807, 2.05) is 62.4 Å². The molecule has 2 aromatic rings. The number of para-hydroxylation sites is 1. The Balaban J connectivity index is 2.11. The molecular weight excluding hydrogens is 298 g/mol. The summed E-state index contributed by atoms with van der Waals surface area (Å²) in [4.78, 5) is 12.4. The fourth-order valence-corrected chi connectivity index (χ4v) is 2.55. The van der Waals surface area contributed by atoms with Gasteiger partial charge in [-0.15, -0.1) is 0 Å². The molecular formula is C18H20ClNO2. The minimum absolute atomic E-state index is 0.0607. The molecule has 1 N–H and O–H groups in total. The number of carbonyl (C=O) groups excluding carboxylic acids is 1. The lowest BCUT2D eigenvalue weighted by Gasteiger charge is -2.27. The maximum absolute atomic E-state index is 12.4. The van der Waals surface area contributed by atoms with Crippen molar-refractivity contribution >= 4 is 17.5 Å². The van der Waals surface area contributed by atoms with Gasteiger partial charge in [-0.05, 0) is 37.6 Å². The summed E-state index contributed by atoms with van der Waals surface area (Å²) in [6, 6.07) is 15.0. The normalized spacial score (nSPS) is 11.1. The third kappa shape index (κ3) is 4.01. The fourth-order valence-electron chi connectivity index (χ4n) is 2.36. The molecule has 0 saturated heterocycles. The number of rotatable bonds is 5. The molecule has 0 unspecified atom stereocenters. The Hall–Kier alpha value is -2.00. The zero-order valence-electron chi connectivity index (χ0n) is 13.0. The van der Waals surface area contributed by atoms with E-state index in [0.717, 1.165) is 16.9 Å². The summed E-state index contributed by atoms with van der Waals surface area (Å²) in [5.74, 6) is 0.660. The molecule has 22 heavy (non-hydrogen) atoms. The van der Waals surface area contributed by atoms with E-state index in [1.54, 1.807) is 7.11 Å². The second-order valence-corrected chi connectivity index (χ2v) is 6.11. The summed E-state index contributed by atoms with van der Waals surface area (Å²) in [5.41, 5.74) is 1.34. The Morgan fingerprint density at radius 1 is 1.18 bits per heavy atom. The molecule has 2 rings (SSSR count). The van der Waals surface area contributed by atoms with Crippen LogP contribution < -0.4 is 10.1 Å². The van der Waals surface area contributed by atoms with Crippen LogP contribution in [-0.2, 0) is 16.8 Å². The minimum atomic E-state index is -0.496. The van der Waals surface area contributed by atoms with Gasteiger partial charge in [0.05, 0.1) is 19.1 Å². The number of methoxy groups -OCH3 is 1. The molecule has 0 aliphatic carbocycles. The Morgan fingerprint density at radius 3 is 2.59 bits per heavy atom. The molecule has 4 heteroatoms.